The van der Waals surface area contributed by atoms with Crippen molar-refractivity contribution in [2.45, 2.75) is 6.54 Å². The molecule has 1 radical (unpaired) electrons. The van der Waals surface area contributed by atoms with E-state index in [9.17, 15) is 8.78 Å². The molecular formula is C17H11F2N6. The number of nitrogens with zero attached hydrogens (tertiary/aromatic N) is 5. The second-order valence-corrected chi connectivity index (χ2v) is 5.35. The van der Waals surface area contributed by atoms with Gasteiger partial charge in [0.25, 0.3) is 0 Å². The van der Waals surface area contributed by atoms with Crippen LogP contribution in [-0.2, 0) is 6.54 Å². The first-order valence-electron chi connectivity index (χ1n) is 7.38. The van der Waals surface area contributed by atoms with Crippen molar-refractivity contribution in [1.82, 2.24) is 24.7 Å². The van der Waals surface area contributed by atoms with Gasteiger partial charge in [-0.05, 0) is 12.1 Å². The van der Waals surface area contributed by atoms with E-state index in [0.29, 0.717) is 22.3 Å². The molecule has 0 aliphatic rings. The van der Waals surface area contributed by atoms with Crippen LogP contribution in [-0.4, -0.2) is 24.7 Å². The maximum absolute atomic E-state index is 14.0. The number of nitrogen functional groups attached to an aromatic ring is 1. The van der Waals surface area contributed by atoms with E-state index in [0.717, 1.165) is 6.20 Å². The fourth-order valence-corrected chi connectivity index (χ4v) is 2.55. The van der Waals surface area contributed by atoms with Gasteiger partial charge < -0.3 is 5.73 Å². The minimum Gasteiger partial charge on any atom is -0.383 e. The van der Waals surface area contributed by atoms with Gasteiger partial charge in [0.05, 0.1) is 18.1 Å². The van der Waals surface area contributed by atoms with Crippen molar-refractivity contribution >= 4 is 16.9 Å². The van der Waals surface area contributed by atoms with E-state index in [2.05, 4.69) is 26.1 Å². The Morgan fingerprint density at radius 3 is 2.80 bits per heavy atom. The molecule has 1 aromatic carbocycles. The molecule has 4 rings (SSSR count). The molecule has 8 heteroatoms. The molecule has 6 nitrogen and oxygen atoms in total. The van der Waals surface area contributed by atoms with Gasteiger partial charge in [0.1, 0.15) is 23.1 Å². The molecule has 2 N–H and O–H groups in total. The van der Waals surface area contributed by atoms with Gasteiger partial charge in [0, 0.05) is 17.8 Å². The fourth-order valence-electron chi connectivity index (χ4n) is 2.55. The third kappa shape index (κ3) is 2.78. The molecular weight excluding hydrogens is 326 g/mol. The van der Waals surface area contributed by atoms with E-state index in [1.54, 1.807) is 18.2 Å². The topological polar surface area (TPSA) is 82.5 Å². The molecule has 25 heavy (non-hydrogen) atoms. The molecule has 4 aromatic rings. The lowest BCUT2D eigenvalue weighted by Gasteiger charge is -2.04. The molecule has 3 heterocycles. The standard InChI is InChI=1S/C17H11F2N6/c18-11-7-12-15(16-21-6-5-14(20)23-16)24-25(17(12)22-8-11)9-10-3-1-2-4-13(10)19/h1-4,6-8H,9H2,(H2,20,21,23). The van der Waals surface area contributed by atoms with Crippen LogP contribution < -0.4 is 5.73 Å². The number of rotatable bonds is 3. The lowest BCUT2D eigenvalue weighted by Crippen LogP contribution is -2.05. The Labute approximate surface area is 141 Å². The van der Waals surface area contributed by atoms with Crippen molar-refractivity contribution in [3.63, 3.8) is 0 Å². The number of anilines is 1. The summed E-state index contributed by atoms with van der Waals surface area (Å²) in [6.45, 7) is 0.135. The third-order valence-electron chi connectivity index (χ3n) is 3.67. The van der Waals surface area contributed by atoms with Crippen molar-refractivity contribution in [3.8, 4) is 11.5 Å². The van der Waals surface area contributed by atoms with Crippen molar-refractivity contribution in [2.24, 2.45) is 0 Å². The van der Waals surface area contributed by atoms with Crippen LogP contribution in [0.25, 0.3) is 22.6 Å². The summed E-state index contributed by atoms with van der Waals surface area (Å²) in [5.41, 5.74) is 6.79. The third-order valence-corrected chi connectivity index (χ3v) is 3.67. The maximum Gasteiger partial charge on any atom is 0.182 e. The molecule has 123 valence electrons. The highest BCUT2D eigenvalue weighted by Gasteiger charge is 2.17. The first-order chi connectivity index (χ1) is 12.1. The number of fused-ring (bicyclic) bond motifs is 1. The number of halogens is 2. The van der Waals surface area contributed by atoms with Crippen LogP contribution in [0.5, 0.6) is 0 Å². The molecule has 0 bridgehead atoms. The Morgan fingerprint density at radius 2 is 2.00 bits per heavy atom. The lowest BCUT2D eigenvalue weighted by atomic mass is 10.2. The molecule has 0 saturated carbocycles. The Balaban J connectivity index is 1.90. The highest BCUT2D eigenvalue weighted by Crippen LogP contribution is 2.26. The second kappa shape index (κ2) is 5.90. The van der Waals surface area contributed by atoms with Gasteiger partial charge in [0.2, 0.25) is 0 Å². The number of pyridine rings is 1. The molecule has 0 spiro atoms. The maximum atomic E-state index is 14.0. The van der Waals surface area contributed by atoms with E-state index in [-0.39, 0.29) is 24.0 Å². The van der Waals surface area contributed by atoms with Crippen LogP contribution in [0.1, 0.15) is 5.56 Å². The Bertz CT molecular complexity index is 1080. The van der Waals surface area contributed by atoms with Crippen molar-refractivity contribution in [3.05, 3.63) is 66.0 Å². The summed E-state index contributed by atoms with van der Waals surface area (Å²) in [5, 5.41) is 4.82. The minimum absolute atomic E-state index is 0.135. The van der Waals surface area contributed by atoms with Gasteiger partial charge in [-0.25, -0.2) is 28.4 Å². The summed E-state index contributed by atoms with van der Waals surface area (Å²) in [5.74, 6) is -0.508. The van der Waals surface area contributed by atoms with Gasteiger partial charge in [-0.1, -0.05) is 18.2 Å². The SMILES string of the molecule is Nc1[c]cnc(-c2nn(Cc3ccccc3F)c3ncc(F)cc23)n1. The molecule has 0 aliphatic carbocycles. The average molecular weight is 337 g/mol. The van der Waals surface area contributed by atoms with Crippen LogP contribution >= 0.6 is 0 Å². The van der Waals surface area contributed by atoms with E-state index >= 15 is 0 Å². The van der Waals surface area contributed by atoms with Gasteiger partial charge >= 0.3 is 0 Å². The molecule has 0 atom stereocenters. The second-order valence-electron chi connectivity index (χ2n) is 5.35. The molecule has 3 aromatic heterocycles. The highest BCUT2D eigenvalue weighted by atomic mass is 19.1. The van der Waals surface area contributed by atoms with E-state index < -0.39 is 5.82 Å². The zero-order chi connectivity index (χ0) is 17.4. The van der Waals surface area contributed by atoms with Crippen molar-refractivity contribution < 1.29 is 8.78 Å². The number of aromatic nitrogens is 5. The largest absolute Gasteiger partial charge is 0.383 e. The van der Waals surface area contributed by atoms with E-state index in [4.69, 9.17) is 5.73 Å². The average Bonchev–Trinajstić information content (AvgIpc) is 2.95. The molecule has 0 fully saturated rings. The normalized spacial score (nSPS) is 11.1. The smallest absolute Gasteiger partial charge is 0.182 e. The number of hydrogen-bond donors (Lipinski definition) is 1. The quantitative estimate of drug-likeness (QED) is 0.621. The van der Waals surface area contributed by atoms with Crippen molar-refractivity contribution in [2.75, 3.05) is 5.73 Å². The summed E-state index contributed by atoms with van der Waals surface area (Å²) < 4.78 is 29.1. The summed E-state index contributed by atoms with van der Waals surface area (Å²) in [6.07, 6.45) is 2.45. The van der Waals surface area contributed by atoms with Crippen LogP contribution in [0.2, 0.25) is 0 Å². The van der Waals surface area contributed by atoms with Crippen LogP contribution in [0.4, 0.5) is 14.6 Å². The summed E-state index contributed by atoms with van der Waals surface area (Å²) in [6, 6.07) is 10.3. The van der Waals surface area contributed by atoms with E-state index in [1.165, 1.54) is 23.0 Å². The number of hydrogen-bond acceptors (Lipinski definition) is 5. The lowest BCUT2D eigenvalue weighted by molar-refractivity contribution is 0.588. The Hall–Kier alpha value is -3.42. The van der Waals surface area contributed by atoms with Gasteiger partial charge in [-0.15, -0.1) is 0 Å². The van der Waals surface area contributed by atoms with Crippen LogP contribution in [0.15, 0.2) is 42.7 Å². The molecule has 0 aliphatic heterocycles. The minimum atomic E-state index is -0.519. The molecule has 0 unspecified atom stereocenters. The predicted octanol–water partition coefficient (Wildman–Crippen LogP) is 2.60. The zero-order valence-electron chi connectivity index (χ0n) is 12.8. The highest BCUT2D eigenvalue weighted by molar-refractivity contribution is 5.89. The monoisotopic (exact) mass is 337 g/mol. The first-order valence-corrected chi connectivity index (χ1v) is 7.38. The number of benzene rings is 1. The fraction of sp³-hybridized carbons (Fsp3) is 0.0588. The van der Waals surface area contributed by atoms with Gasteiger partial charge in [-0.3, -0.25) is 0 Å². The number of nitrogens with two attached hydrogens (primary N) is 1. The van der Waals surface area contributed by atoms with E-state index in [1.807, 2.05) is 0 Å². The summed E-state index contributed by atoms with van der Waals surface area (Å²) >= 11 is 0. The molecule has 0 saturated heterocycles. The predicted molar refractivity (Wildman–Crippen MR) is 87.3 cm³/mol. The first kappa shape index (κ1) is 15.1. The Morgan fingerprint density at radius 1 is 1.16 bits per heavy atom. The van der Waals surface area contributed by atoms with Gasteiger partial charge in [-0.2, -0.15) is 5.10 Å². The zero-order valence-corrected chi connectivity index (χ0v) is 12.8. The summed E-state index contributed by atoms with van der Waals surface area (Å²) in [7, 11) is 0. The van der Waals surface area contributed by atoms with Crippen molar-refractivity contribution in [1.29, 1.82) is 0 Å². The summed E-state index contributed by atoms with van der Waals surface area (Å²) in [4.78, 5) is 12.2. The Kier molecular flexibility index (Phi) is 3.57. The van der Waals surface area contributed by atoms with Gasteiger partial charge in [0.15, 0.2) is 11.5 Å². The van der Waals surface area contributed by atoms with Crippen LogP contribution in [0.3, 0.4) is 0 Å². The molecule has 0 amide bonds. The van der Waals surface area contributed by atoms with Crippen LogP contribution in [0, 0.1) is 17.7 Å².